The van der Waals surface area contributed by atoms with Gasteiger partial charge >= 0.3 is 0 Å². The molecule has 0 amide bonds. The average Bonchev–Trinajstić information content (AvgIpc) is 2.80. The molecule has 2 aromatic rings. The third-order valence-electron chi connectivity index (χ3n) is 2.22. The van der Waals surface area contributed by atoms with Crippen LogP contribution in [-0.2, 0) is 6.54 Å². The summed E-state index contributed by atoms with van der Waals surface area (Å²) in [7, 11) is 0. The number of thiophene rings is 1. The maximum Gasteiger partial charge on any atom is 0.182 e. The van der Waals surface area contributed by atoms with Crippen molar-refractivity contribution >= 4 is 17.0 Å². The lowest BCUT2D eigenvalue weighted by atomic mass is 10.2. The molecule has 0 spiro atoms. The van der Waals surface area contributed by atoms with Gasteiger partial charge in [0.15, 0.2) is 11.6 Å². The molecule has 0 saturated heterocycles. The number of anilines is 1. The highest BCUT2D eigenvalue weighted by molar-refractivity contribution is 7.12. The van der Waals surface area contributed by atoms with Gasteiger partial charge in [0, 0.05) is 23.6 Å². The van der Waals surface area contributed by atoms with Gasteiger partial charge in [-0.2, -0.15) is 5.26 Å². The van der Waals surface area contributed by atoms with E-state index >= 15 is 0 Å². The number of nitrogens with zero attached hydrogens (tertiary/aromatic N) is 1. The van der Waals surface area contributed by atoms with Gasteiger partial charge in [0.25, 0.3) is 0 Å². The van der Waals surface area contributed by atoms with Crippen molar-refractivity contribution in [3.05, 3.63) is 51.5 Å². The zero-order chi connectivity index (χ0) is 13.1. The Morgan fingerprint density at radius 3 is 2.67 bits per heavy atom. The number of rotatable bonds is 3. The molecule has 0 unspecified atom stereocenters. The summed E-state index contributed by atoms with van der Waals surface area (Å²) in [5.74, 6) is -3.20. The number of benzene rings is 1. The molecule has 0 aliphatic rings. The summed E-state index contributed by atoms with van der Waals surface area (Å²) in [6.45, 7) is 0.201. The molecule has 0 atom stereocenters. The molecule has 1 N–H and O–H groups in total. The van der Waals surface area contributed by atoms with Crippen molar-refractivity contribution in [3.63, 3.8) is 0 Å². The van der Waals surface area contributed by atoms with Crippen LogP contribution in [0.4, 0.5) is 18.9 Å². The van der Waals surface area contributed by atoms with Crippen LogP contribution in [0.5, 0.6) is 0 Å². The largest absolute Gasteiger partial charge is 0.378 e. The van der Waals surface area contributed by atoms with E-state index in [1.807, 2.05) is 6.07 Å². The fourth-order valence-electron chi connectivity index (χ4n) is 1.40. The Balaban J connectivity index is 2.13. The van der Waals surface area contributed by atoms with Crippen LogP contribution in [0.1, 0.15) is 9.75 Å². The summed E-state index contributed by atoms with van der Waals surface area (Å²) in [5.41, 5.74) is -0.237. The summed E-state index contributed by atoms with van der Waals surface area (Å²) in [5, 5.41) is 11.2. The van der Waals surface area contributed by atoms with Crippen LogP contribution in [0, 0.1) is 28.8 Å². The van der Waals surface area contributed by atoms with Gasteiger partial charge in [-0.15, -0.1) is 11.3 Å². The minimum absolute atomic E-state index is 0.201. The zero-order valence-electron chi connectivity index (χ0n) is 9.01. The van der Waals surface area contributed by atoms with E-state index in [1.165, 1.54) is 11.3 Å². The molecule has 6 heteroatoms. The lowest BCUT2D eigenvalue weighted by Crippen LogP contribution is -2.02. The van der Waals surface area contributed by atoms with E-state index in [0.29, 0.717) is 10.9 Å². The highest BCUT2D eigenvalue weighted by Gasteiger charge is 2.11. The molecule has 1 heterocycles. The third-order valence-corrected chi connectivity index (χ3v) is 3.21. The molecule has 18 heavy (non-hydrogen) atoms. The molecule has 0 aliphatic carbocycles. The lowest BCUT2D eigenvalue weighted by molar-refractivity contribution is 0.497. The van der Waals surface area contributed by atoms with Crippen LogP contribution in [0.3, 0.4) is 0 Å². The smallest absolute Gasteiger partial charge is 0.182 e. The molecular formula is C12H7F3N2S. The molecular weight excluding hydrogens is 261 g/mol. The molecule has 2 nitrogen and oxygen atoms in total. The van der Waals surface area contributed by atoms with Crippen LogP contribution in [-0.4, -0.2) is 0 Å². The van der Waals surface area contributed by atoms with Gasteiger partial charge in [0.05, 0.1) is 5.69 Å². The Hall–Kier alpha value is -2.00. The van der Waals surface area contributed by atoms with E-state index in [-0.39, 0.29) is 12.2 Å². The summed E-state index contributed by atoms with van der Waals surface area (Å²) in [6, 6.07) is 6.67. The molecule has 92 valence electrons. The molecule has 0 fully saturated rings. The topological polar surface area (TPSA) is 35.8 Å². The Morgan fingerprint density at radius 2 is 2.00 bits per heavy atom. The van der Waals surface area contributed by atoms with Crippen LogP contribution in [0.25, 0.3) is 0 Å². The van der Waals surface area contributed by atoms with Crippen LogP contribution in [0.2, 0.25) is 0 Å². The first-order valence-electron chi connectivity index (χ1n) is 4.97. The normalized spacial score (nSPS) is 10.1. The van der Waals surface area contributed by atoms with Crippen LogP contribution in [0.15, 0.2) is 24.3 Å². The Bertz CT molecular complexity index is 616. The van der Waals surface area contributed by atoms with Crippen molar-refractivity contribution in [1.82, 2.24) is 0 Å². The van der Waals surface area contributed by atoms with Crippen molar-refractivity contribution in [2.45, 2.75) is 6.54 Å². The van der Waals surface area contributed by atoms with E-state index < -0.39 is 17.5 Å². The highest BCUT2D eigenvalue weighted by atomic mass is 32.1. The first-order chi connectivity index (χ1) is 8.60. The number of hydrogen-bond donors (Lipinski definition) is 1. The molecule has 0 radical (unpaired) electrons. The Kier molecular flexibility index (Phi) is 3.53. The molecule has 1 aromatic heterocycles. The van der Waals surface area contributed by atoms with E-state index in [9.17, 15) is 13.2 Å². The second kappa shape index (κ2) is 5.10. The maximum absolute atomic E-state index is 13.3. The Labute approximate surface area is 105 Å². The SMILES string of the molecule is N#Cc1ccc(CNc2cc(F)cc(F)c2F)s1. The van der Waals surface area contributed by atoms with Gasteiger partial charge in [0.2, 0.25) is 0 Å². The minimum Gasteiger partial charge on any atom is -0.378 e. The van der Waals surface area contributed by atoms with Crippen molar-refractivity contribution in [3.8, 4) is 6.07 Å². The first-order valence-corrected chi connectivity index (χ1v) is 5.79. The third kappa shape index (κ3) is 2.63. The summed E-state index contributed by atoms with van der Waals surface area (Å²) in [4.78, 5) is 1.30. The predicted molar refractivity (Wildman–Crippen MR) is 62.7 cm³/mol. The van der Waals surface area contributed by atoms with E-state index in [4.69, 9.17) is 5.26 Å². The van der Waals surface area contributed by atoms with Crippen molar-refractivity contribution < 1.29 is 13.2 Å². The molecule has 0 aliphatic heterocycles. The molecule has 0 bridgehead atoms. The first kappa shape index (κ1) is 12.5. The second-order valence-electron chi connectivity index (χ2n) is 3.48. The maximum atomic E-state index is 13.3. The quantitative estimate of drug-likeness (QED) is 0.862. The van der Waals surface area contributed by atoms with Crippen molar-refractivity contribution in [2.75, 3.05) is 5.32 Å². The molecule has 1 aromatic carbocycles. The Morgan fingerprint density at radius 1 is 1.22 bits per heavy atom. The molecule has 2 rings (SSSR count). The van der Waals surface area contributed by atoms with Crippen LogP contribution < -0.4 is 5.32 Å². The van der Waals surface area contributed by atoms with E-state index in [0.717, 1.165) is 10.9 Å². The van der Waals surface area contributed by atoms with Crippen molar-refractivity contribution in [1.29, 1.82) is 5.26 Å². The van der Waals surface area contributed by atoms with Gasteiger partial charge in [0.1, 0.15) is 16.8 Å². The van der Waals surface area contributed by atoms with E-state index in [1.54, 1.807) is 12.1 Å². The van der Waals surface area contributed by atoms with E-state index in [2.05, 4.69) is 5.32 Å². The zero-order valence-corrected chi connectivity index (χ0v) is 9.82. The number of halogens is 3. The lowest BCUT2D eigenvalue weighted by Gasteiger charge is -2.06. The summed E-state index contributed by atoms with van der Waals surface area (Å²) >= 11 is 1.23. The second-order valence-corrected chi connectivity index (χ2v) is 4.65. The summed E-state index contributed by atoms with van der Waals surface area (Å²) in [6.07, 6.45) is 0. The monoisotopic (exact) mass is 268 g/mol. The fraction of sp³-hybridized carbons (Fsp3) is 0.0833. The van der Waals surface area contributed by atoms with Crippen LogP contribution >= 0.6 is 11.3 Å². The molecule has 0 saturated carbocycles. The average molecular weight is 268 g/mol. The number of nitrogens with one attached hydrogen (secondary N) is 1. The van der Waals surface area contributed by atoms with Gasteiger partial charge in [-0.25, -0.2) is 13.2 Å². The number of hydrogen-bond acceptors (Lipinski definition) is 3. The van der Waals surface area contributed by atoms with Gasteiger partial charge in [-0.1, -0.05) is 0 Å². The standard InChI is InChI=1S/C12H7F3N2S/c13-7-3-10(14)12(15)11(4-7)17-6-9-2-1-8(5-16)18-9/h1-4,17H,6H2. The minimum atomic E-state index is -1.23. The van der Waals surface area contributed by atoms with Gasteiger partial charge in [-0.05, 0) is 12.1 Å². The fourth-order valence-corrected chi connectivity index (χ4v) is 2.14. The number of nitriles is 1. The highest BCUT2D eigenvalue weighted by Crippen LogP contribution is 2.21. The predicted octanol–water partition coefficient (Wildman–Crippen LogP) is 3.65. The van der Waals surface area contributed by atoms with Gasteiger partial charge in [-0.3, -0.25) is 0 Å². The van der Waals surface area contributed by atoms with Gasteiger partial charge < -0.3 is 5.32 Å². The van der Waals surface area contributed by atoms with Crippen molar-refractivity contribution in [2.24, 2.45) is 0 Å². The summed E-state index contributed by atoms with van der Waals surface area (Å²) < 4.78 is 39.1.